The van der Waals surface area contributed by atoms with Gasteiger partial charge in [0, 0.05) is 25.6 Å². The molecular weight excluding hydrogens is 317 g/mol. The van der Waals surface area contributed by atoms with Crippen molar-refractivity contribution < 1.29 is 13.9 Å². The number of nitrogens with zero attached hydrogens (tertiary/aromatic N) is 1. The summed E-state index contributed by atoms with van der Waals surface area (Å²) in [4.78, 5) is 2.54. The molecule has 1 fully saturated rings. The quantitative estimate of drug-likeness (QED) is 0.830. The summed E-state index contributed by atoms with van der Waals surface area (Å²) >= 11 is 0. The average molecular weight is 341 g/mol. The lowest BCUT2D eigenvalue weighted by Gasteiger charge is -2.36. The minimum atomic E-state index is -0.223. The second-order valence-electron chi connectivity index (χ2n) is 6.94. The number of rotatable bonds is 4. The van der Waals surface area contributed by atoms with Crippen LogP contribution in [0.1, 0.15) is 30.7 Å². The Balaban J connectivity index is 1.30. The largest absolute Gasteiger partial charge is 0.493 e. The van der Waals surface area contributed by atoms with Crippen molar-refractivity contribution in [3.63, 3.8) is 0 Å². The topological polar surface area (TPSA) is 21.7 Å². The molecule has 2 heterocycles. The Morgan fingerprint density at radius 1 is 1.00 bits per heavy atom. The molecule has 132 valence electrons. The van der Waals surface area contributed by atoms with E-state index in [1.807, 2.05) is 6.07 Å². The van der Waals surface area contributed by atoms with Crippen molar-refractivity contribution in [2.75, 3.05) is 26.2 Å². The molecule has 0 bridgehead atoms. The predicted octanol–water partition coefficient (Wildman–Crippen LogP) is 4.24. The summed E-state index contributed by atoms with van der Waals surface area (Å²) in [5.74, 6) is 2.14. The molecule has 2 aromatic carbocycles. The van der Waals surface area contributed by atoms with Crippen LogP contribution in [0.15, 0.2) is 48.5 Å². The van der Waals surface area contributed by atoms with Crippen LogP contribution in [0.2, 0.25) is 0 Å². The summed E-state index contributed by atoms with van der Waals surface area (Å²) in [7, 11) is 0. The lowest BCUT2D eigenvalue weighted by atomic mass is 9.92. The first-order chi connectivity index (χ1) is 12.3. The van der Waals surface area contributed by atoms with Gasteiger partial charge in [-0.1, -0.05) is 18.2 Å². The molecule has 25 heavy (non-hydrogen) atoms. The predicted molar refractivity (Wildman–Crippen MR) is 95.8 cm³/mol. The zero-order valence-electron chi connectivity index (χ0n) is 14.4. The van der Waals surface area contributed by atoms with Gasteiger partial charge in [0.15, 0.2) is 0 Å². The Morgan fingerprint density at radius 3 is 2.56 bits per heavy atom. The van der Waals surface area contributed by atoms with E-state index in [-0.39, 0.29) is 11.9 Å². The van der Waals surface area contributed by atoms with Crippen molar-refractivity contribution in [2.24, 2.45) is 0 Å². The molecule has 2 aliphatic rings. The summed E-state index contributed by atoms with van der Waals surface area (Å²) in [6, 6.07) is 14.7. The van der Waals surface area contributed by atoms with E-state index in [1.165, 1.54) is 17.7 Å². The number of piperidine rings is 1. The molecule has 0 spiro atoms. The fraction of sp³-hybridized carbons (Fsp3) is 0.429. The second-order valence-corrected chi connectivity index (χ2v) is 6.94. The zero-order valence-corrected chi connectivity index (χ0v) is 14.4. The highest BCUT2D eigenvalue weighted by atomic mass is 19.1. The van der Waals surface area contributed by atoms with Gasteiger partial charge in [0.25, 0.3) is 0 Å². The minimum Gasteiger partial charge on any atom is -0.493 e. The summed E-state index contributed by atoms with van der Waals surface area (Å²) in [5, 5.41) is 0. The molecule has 0 aliphatic carbocycles. The third-order valence-corrected chi connectivity index (χ3v) is 5.21. The van der Waals surface area contributed by atoms with Crippen molar-refractivity contribution in [1.82, 2.24) is 4.90 Å². The molecule has 2 aliphatic heterocycles. The van der Waals surface area contributed by atoms with Gasteiger partial charge in [-0.05, 0) is 55.2 Å². The molecule has 1 atom stereocenters. The van der Waals surface area contributed by atoms with Crippen LogP contribution in [-0.4, -0.2) is 37.2 Å². The third kappa shape index (κ3) is 3.96. The highest BCUT2D eigenvalue weighted by Gasteiger charge is 2.26. The molecule has 0 aromatic heterocycles. The lowest BCUT2D eigenvalue weighted by molar-refractivity contribution is 0.0932. The first kappa shape index (κ1) is 16.4. The molecule has 2 aromatic rings. The van der Waals surface area contributed by atoms with Gasteiger partial charge in [0.1, 0.15) is 23.4 Å². The smallest absolute Gasteiger partial charge is 0.123 e. The second kappa shape index (κ2) is 7.44. The van der Waals surface area contributed by atoms with Crippen LogP contribution in [0.3, 0.4) is 0 Å². The SMILES string of the molecule is Fc1ccc(OC2CCN(CC3CCOc4ccccc43)CC2)cc1. The van der Waals surface area contributed by atoms with Crippen molar-refractivity contribution in [1.29, 1.82) is 0 Å². The van der Waals surface area contributed by atoms with E-state index in [0.29, 0.717) is 5.92 Å². The van der Waals surface area contributed by atoms with Gasteiger partial charge in [-0.25, -0.2) is 4.39 Å². The lowest BCUT2D eigenvalue weighted by Crippen LogP contribution is -2.40. The monoisotopic (exact) mass is 341 g/mol. The summed E-state index contributed by atoms with van der Waals surface area (Å²) in [5.41, 5.74) is 1.35. The van der Waals surface area contributed by atoms with Gasteiger partial charge in [0.2, 0.25) is 0 Å². The normalized spacial score (nSPS) is 21.4. The number of para-hydroxylation sites is 1. The Bertz CT molecular complexity index is 695. The van der Waals surface area contributed by atoms with E-state index in [2.05, 4.69) is 23.1 Å². The first-order valence-corrected chi connectivity index (χ1v) is 9.14. The van der Waals surface area contributed by atoms with Gasteiger partial charge in [-0.15, -0.1) is 0 Å². The maximum absolute atomic E-state index is 13.0. The van der Waals surface area contributed by atoms with Crippen LogP contribution >= 0.6 is 0 Å². The first-order valence-electron chi connectivity index (χ1n) is 9.14. The molecular formula is C21H24FNO2. The van der Waals surface area contributed by atoms with Crippen LogP contribution in [0.25, 0.3) is 0 Å². The number of ether oxygens (including phenoxy) is 2. The Morgan fingerprint density at radius 2 is 1.76 bits per heavy atom. The van der Waals surface area contributed by atoms with E-state index in [1.54, 1.807) is 12.1 Å². The van der Waals surface area contributed by atoms with Gasteiger partial charge < -0.3 is 14.4 Å². The van der Waals surface area contributed by atoms with Gasteiger partial charge in [-0.3, -0.25) is 0 Å². The average Bonchev–Trinajstić information content (AvgIpc) is 2.65. The summed E-state index contributed by atoms with van der Waals surface area (Å²) in [6.45, 7) is 3.99. The van der Waals surface area contributed by atoms with Crippen molar-refractivity contribution in [3.8, 4) is 11.5 Å². The number of benzene rings is 2. The molecule has 1 saturated heterocycles. The van der Waals surface area contributed by atoms with Gasteiger partial charge in [-0.2, -0.15) is 0 Å². The number of hydrogen-bond acceptors (Lipinski definition) is 3. The molecule has 0 radical (unpaired) electrons. The molecule has 4 heteroatoms. The Kier molecular flexibility index (Phi) is 4.88. The van der Waals surface area contributed by atoms with E-state index in [0.717, 1.165) is 57.0 Å². The fourth-order valence-corrected chi connectivity index (χ4v) is 3.83. The summed E-state index contributed by atoms with van der Waals surface area (Å²) in [6.07, 6.45) is 3.34. The molecule has 0 saturated carbocycles. The molecule has 4 rings (SSSR count). The van der Waals surface area contributed by atoms with Gasteiger partial charge >= 0.3 is 0 Å². The number of hydrogen-bond donors (Lipinski definition) is 0. The zero-order chi connectivity index (χ0) is 17.1. The Hall–Kier alpha value is -2.07. The number of likely N-dealkylation sites (tertiary alicyclic amines) is 1. The van der Waals surface area contributed by atoms with Crippen molar-refractivity contribution in [2.45, 2.75) is 31.3 Å². The molecule has 3 nitrogen and oxygen atoms in total. The molecule has 1 unspecified atom stereocenters. The van der Waals surface area contributed by atoms with Gasteiger partial charge in [0.05, 0.1) is 6.61 Å². The van der Waals surface area contributed by atoms with Crippen LogP contribution in [0.4, 0.5) is 4.39 Å². The van der Waals surface area contributed by atoms with E-state index in [4.69, 9.17) is 9.47 Å². The van der Waals surface area contributed by atoms with Crippen LogP contribution in [0, 0.1) is 5.82 Å². The van der Waals surface area contributed by atoms with Crippen molar-refractivity contribution >= 4 is 0 Å². The van der Waals surface area contributed by atoms with E-state index in [9.17, 15) is 4.39 Å². The maximum Gasteiger partial charge on any atom is 0.123 e. The van der Waals surface area contributed by atoms with E-state index < -0.39 is 0 Å². The number of fused-ring (bicyclic) bond motifs is 1. The van der Waals surface area contributed by atoms with E-state index >= 15 is 0 Å². The molecule has 0 amide bonds. The number of halogens is 1. The Labute approximate surface area is 148 Å². The highest BCUT2D eigenvalue weighted by molar-refractivity contribution is 5.38. The van der Waals surface area contributed by atoms with Crippen LogP contribution in [0.5, 0.6) is 11.5 Å². The minimum absolute atomic E-state index is 0.223. The maximum atomic E-state index is 13.0. The van der Waals surface area contributed by atoms with Crippen molar-refractivity contribution in [3.05, 3.63) is 59.9 Å². The fourth-order valence-electron chi connectivity index (χ4n) is 3.83. The standard InChI is InChI=1S/C21H24FNO2/c22-17-5-7-18(8-6-17)25-19-9-12-23(13-10-19)15-16-11-14-24-21-4-2-1-3-20(16)21/h1-8,16,19H,9-15H2. The van der Waals surface area contributed by atoms with Crippen LogP contribution < -0.4 is 9.47 Å². The highest BCUT2D eigenvalue weighted by Crippen LogP contribution is 2.34. The molecule has 0 N–H and O–H groups in total. The third-order valence-electron chi connectivity index (χ3n) is 5.21. The van der Waals surface area contributed by atoms with Crippen LogP contribution in [-0.2, 0) is 0 Å². The summed E-state index contributed by atoms with van der Waals surface area (Å²) < 4.78 is 24.7.